The molecule has 142 valence electrons. The molecule has 0 bridgehead atoms. The standard InChI is InChI=1S/C19H26N4O2.HI/c1-20-19(21-11-10-16-7-4-12-24-16)23-14-15-8-9-18(22-13-15)25-17-5-2-3-6-17;/h4,7-9,12-13,17H,2-3,5-6,10-11,14H2,1H3,(H2,20,21,23);1H. The Bertz CT molecular complexity index is 653. The lowest BCUT2D eigenvalue weighted by Crippen LogP contribution is -2.37. The van der Waals surface area contributed by atoms with Crippen LogP contribution in [0.1, 0.15) is 37.0 Å². The van der Waals surface area contributed by atoms with Crippen LogP contribution in [0, 0.1) is 0 Å². The normalized spacial score (nSPS) is 14.7. The third-order valence-electron chi connectivity index (χ3n) is 4.31. The van der Waals surface area contributed by atoms with E-state index in [0.717, 1.165) is 49.0 Å². The molecular weight excluding hydrogens is 443 g/mol. The summed E-state index contributed by atoms with van der Waals surface area (Å²) in [5.41, 5.74) is 1.09. The van der Waals surface area contributed by atoms with Crippen LogP contribution in [0.5, 0.6) is 5.88 Å². The smallest absolute Gasteiger partial charge is 0.213 e. The molecule has 0 atom stereocenters. The van der Waals surface area contributed by atoms with Gasteiger partial charge in [-0.2, -0.15) is 0 Å². The fraction of sp³-hybridized carbons (Fsp3) is 0.474. The second kappa shape index (κ2) is 11.1. The summed E-state index contributed by atoms with van der Waals surface area (Å²) in [5.74, 6) is 2.44. The molecule has 0 aliphatic heterocycles. The van der Waals surface area contributed by atoms with Gasteiger partial charge in [-0.05, 0) is 43.4 Å². The summed E-state index contributed by atoms with van der Waals surface area (Å²) in [6.45, 7) is 1.43. The monoisotopic (exact) mass is 470 g/mol. The Morgan fingerprint density at radius 2 is 2.12 bits per heavy atom. The van der Waals surface area contributed by atoms with Gasteiger partial charge in [-0.25, -0.2) is 4.98 Å². The summed E-state index contributed by atoms with van der Waals surface area (Å²) in [7, 11) is 1.76. The number of aromatic nitrogens is 1. The van der Waals surface area contributed by atoms with Crippen LogP contribution in [0.15, 0.2) is 46.1 Å². The van der Waals surface area contributed by atoms with E-state index in [0.29, 0.717) is 12.6 Å². The van der Waals surface area contributed by atoms with E-state index in [9.17, 15) is 0 Å². The van der Waals surface area contributed by atoms with Gasteiger partial charge in [0.2, 0.25) is 5.88 Å². The van der Waals surface area contributed by atoms with Crippen LogP contribution < -0.4 is 15.4 Å². The van der Waals surface area contributed by atoms with Gasteiger partial charge in [0.25, 0.3) is 0 Å². The molecule has 0 unspecified atom stereocenters. The summed E-state index contributed by atoms with van der Waals surface area (Å²) in [4.78, 5) is 8.63. The highest BCUT2D eigenvalue weighted by molar-refractivity contribution is 14.0. The first kappa shape index (κ1) is 20.5. The lowest BCUT2D eigenvalue weighted by atomic mass is 10.3. The van der Waals surface area contributed by atoms with E-state index < -0.39 is 0 Å². The topological polar surface area (TPSA) is 71.7 Å². The number of hydrogen-bond donors (Lipinski definition) is 2. The third kappa shape index (κ3) is 6.51. The van der Waals surface area contributed by atoms with Crippen molar-refractivity contribution in [3.05, 3.63) is 48.0 Å². The Hall–Kier alpha value is -1.77. The van der Waals surface area contributed by atoms with E-state index in [4.69, 9.17) is 9.15 Å². The number of ether oxygens (including phenoxy) is 1. The number of aliphatic imine (C=N–C) groups is 1. The molecule has 3 rings (SSSR count). The Kier molecular flexibility index (Phi) is 8.73. The average molecular weight is 470 g/mol. The summed E-state index contributed by atoms with van der Waals surface area (Å²) in [5, 5.41) is 6.56. The van der Waals surface area contributed by atoms with Gasteiger partial charge in [-0.15, -0.1) is 24.0 Å². The molecule has 2 aromatic rings. The van der Waals surface area contributed by atoms with Gasteiger partial charge in [-0.1, -0.05) is 6.07 Å². The maximum Gasteiger partial charge on any atom is 0.213 e. The van der Waals surface area contributed by atoms with Crippen molar-refractivity contribution in [2.45, 2.75) is 44.8 Å². The van der Waals surface area contributed by atoms with Crippen molar-refractivity contribution in [1.82, 2.24) is 15.6 Å². The van der Waals surface area contributed by atoms with Crippen molar-refractivity contribution < 1.29 is 9.15 Å². The number of furan rings is 1. The van der Waals surface area contributed by atoms with Crippen molar-refractivity contribution >= 4 is 29.9 Å². The summed E-state index contributed by atoms with van der Waals surface area (Å²) >= 11 is 0. The molecule has 26 heavy (non-hydrogen) atoms. The van der Waals surface area contributed by atoms with Crippen LogP contribution >= 0.6 is 24.0 Å². The van der Waals surface area contributed by atoms with Gasteiger partial charge >= 0.3 is 0 Å². The zero-order valence-corrected chi connectivity index (χ0v) is 17.4. The second-order valence-electron chi connectivity index (χ2n) is 6.21. The van der Waals surface area contributed by atoms with Gasteiger partial charge in [0.15, 0.2) is 5.96 Å². The number of rotatable bonds is 7. The number of nitrogens with one attached hydrogen (secondary N) is 2. The summed E-state index contributed by atoms with van der Waals surface area (Å²) in [6.07, 6.45) is 9.52. The molecule has 2 N–H and O–H groups in total. The molecule has 0 amide bonds. The predicted octanol–water partition coefficient (Wildman–Crippen LogP) is 3.52. The molecule has 6 nitrogen and oxygen atoms in total. The SMILES string of the molecule is CN=C(NCCc1ccco1)NCc1ccc(OC2CCCC2)nc1.I. The Balaban J connectivity index is 0.00000243. The van der Waals surface area contributed by atoms with Crippen molar-refractivity contribution in [2.75, 3.05) is 13.6 Å². The zero-order chi connectivity index (χ0) is 17.3. The molecule has 2 aromatic heterocycles. The highest BCUT2D eigenvalue weighted by Crippen LogP contribution is 2.22. The minimum atomic E-state index is 0. The van der Waals surface area contributed by atoms with E-state index in [2.05, 4.69) is 20.6 Å². The molecule has 1 saturated carbocycles. The van der Waals surface area contributed by atoms with Gasteiger partial charge < -0.3 is 19.8 Å². The molecule has 1 aliphatic carbocycles. The second-order valence-corrected chi connectivity index (χ2v) is 6.21. The fourth-order valence-electron chi connectivity index (χ4n) is 2.93. The molecule has 1 fully saturated rings. The largest absolute Gasteiger partial charge is 0.474 e. The third-order valence-corrected chi connectivity index (χ3v) is 4.31. The number of hydrogen-bond acceptors (Lipinski definition) is 4. The van der Waals surface area contributed by atoms with Crippen LogP contribution in [0.3, 0.4) is 0 Å². The Morgan fingerprint density at radius 3 is 2.77 bits per heavy atom. The van der Waals surface area contributed by atoms with Gasteiger partial charge in [0.05, 0.1) is 6.26 Å². The molecule has 1 aliphatic rings. The van der Waals surface area contributed by atoms with E-state index in [1.807, 2.05) is 30.5 Å². The highest BCUT2D eigenvalue weighted by Gasteiger charge is 2.16. The van der Waals surface area contributed by atoms with Gasteiger partial charge in [0.1, 0.15) is 11.9 Å². The maximum absolute atomic E-state index is 5.89. The lowest BCUT2D eigenvalue weighted by molar-refractivity contribution is 0.201. The Morgan fingerprint density at radius 1 is 1.27 bits per heavy atom. The first-order valence-corrected chi connectivity index (χ1v) is 8.92. The number of nitrogens with zero attached hydrogens (tertiary/aromatic N) is 2. The van der Waals surface area contributed by atoms with Gasteiger partial charge in [0, 0.05) is 38.8 Å². The fourth-order valence-corrected chi connectivity index (χ4v) is 2.93. The molecular formula is C19H27IN4O2. The number of guanidine groups is 1. The number of halogens is 1. The molecule has 0 saturated heterocycles. The summed E-state index contributed by atoms with van der Waals surface area (Å²) in [6, 6.07) is 7.86. The quantitative estimate of drug-likeness (QED) is 0.368. The van der Waals surface area contributed by atoms with Gasteiger partial charge in [-0.3, -0.25) is 4.99 Å². The van der Waals surface area contributed by atoms with E-state index in [1.165, 1.54) is 12.8 Å². The van der Waals surface area contributed by atoms with E-state index >= 15 is 0 Å². The molecule has 0 spiro atoms. The first-order valence-electron chi connectivity index (χ1n) is 8.92. The minimum absolute atomic E-state index is 0. The zero-order valence-electron chi connectivity index (χ0n) is 15.1. The maximum atomic E-state index is 5.89. The number of pyridine rings is 1. The minimum Gasteiger partial charge on any atom is -0.474 e. The molecule has 7 heteroatoms. The molecule has 2 heterocycles. The van der Waals surface area contributed by atoms with Crippen molar-refractivity contribution in [3.63, 3.8) is 0 Å². The van der Waals surface area contributed by atoms with E-state index in [1.54, 1.807) is 13.3 Å². The summed E-state index contributed by atoms with van der Waals surface area (Å²) < 4.78 is 11.2. The van der Waals surface area contributed by atoms with Crippen molar-refractivity contribution in [1.29, 1.82) is 0 Å². The molecule has 0 radical (unpaired) electrons. The predicted molar refractivity (Wildman–Crippen MR) is 113 cm³/mol. The lowest BCUT2D eigenvalue weighted by Gasteiger charge is -2.13. The first-order chi connectivity index (χ1) is 12.3. The van der Waals surface area contributed by atoms with E-state index in [-0.39, 0.29) is 24.0 Å². The van der Waals surface area contributed by atoms with Crippen LogP contribution in [0.4, 0.5) is 0 Å². The molecule has 0 aromatic carbocycles. The Labute approximate surface area is 171 Å². The average Bonchev–Trinajstić information content (AvgIpc) is 3.33. The highest BCUT2D eigenvalue weighted by atomic mass is 127. The van der Waals surface area contributed by atoms with Crippen LogP contribution in [-0.2, 0) is 13.0 Å². The van der Waals surface area contributed by atoms with Crippen LogP contribution in [0.25, 0.3) is 0 Å². The van der Waals surface area contributed by atoms with Crippen LogP contribution in [0.2, 0.25) is 0 Å². The van der Waals surface area contributed by atoms with Crippen molar-refractivity contribution in [3.8, 4) is 5.88 Å². The van der Waals surface area contributed by atoms with Crippen molar-refractivity contribution in [2.24, 2.45) is 4.99 Å². The van der Waals surface area contributed by atoms with Crippen LogP contribution in [-0.4, -0.2) is 30.6 Å².